The summed E-state index contributed by atoms with van der Waals surface area (Å²) in [6, 6.07) is 22.0. The van der Waals surface area contributed by atoms with Crippen molar-refractivity contribution in [3.05, 3.63) is 95.1 Å². The van der Waals surface area contributed by atoms with Crippen molar-refractivity contribution in [1.29, 1.82) is 0 Å². The summed E-state index contributed by atoms with van der Waals surface area (Å²) in [7, 11) is 0. The fraction of sp³-hybridized carbons (Fsp3) is 0.543. The van der Waals surface area contributed by atoms with E-state index >= 15 is 0 Å². The maximum Gasteiger partial charge on any atom is 0.471 e. The third-order valence-electron chi connectivity index (χ3n) is 12.4. The second-order valence-electron chi connectivity index (χ2n) is 17.6. The van der Waals surface area contributed by atoms with Crippen molar-refractivity contribution in [2.75, 3.05) is 13.1 Å². The highest BCUT2D eigenvalue weighted by Crippen LogP contribution is 2.42. The van der Waals surface area contributed by atoms with E-state index in [2.05, 4.69) is 15.5 Å². The lowest BCUT2D eigenvalue weighted by atomic mass is 9.75. The molecule has 7 atom stereocenters. The van der Waals surface area contributed by atoms with Crippen LogP contribution in [0, 0.1) is 5.92 Å². The predicted octanol–water partition coefficient (Wildman–Crippen LogP) is 7.50. The minimum absolute atomic E-state index is 0.0559. The Hall–Kier alpha value is -4.30. The number of benzene rings is 3. The Balaban J connectivity index is 1.10. The van der Waals surface area contributed by atoms with E-state index in [-0.39, 0.29) is 55.8 Å². The number of nitrogens with one attached hydrogen (secondary N) is 2. The van der Waals surface area contributed by atoms with Gasteiger partial charge in [0.2, 0.25) is 11.8 Å². The molecule has 3 N–H and O–H groups in total. The molecule has 0 aromatic heterocycles. The summed E-state index contributed by atoms with van der Waals surface area (Å²) in [6.07, 6.45) is 1.26. The van der Waals surface area contributed by atoms with Crippen molar-refractivity contribution in [1.82, 2.24) is 20.4 Å². The predicted molar refractivity (Wildman–Crippen MR) is 216 cm³/mol. The molecule has 7 rings (SSSR count). The molecule has 3 aromatic rings. The quantitative estimate of drug-likeness (QED) is 0.194. The highest BCUT2D eigenvalue weighted by molar-refractivity contribution is 5.90. The van der Waals surface area contributed by atoms with Crippen LogP contribution in [0.5, 0.6) is 0 Å². The first-order chi connectivity index (χ1) is 28.2. The zero-order valence-electron chi connectivity index (χ0n) is 34.2. The molecular weight excluding hydrogens is 762 g/mol. The number of carbonyl (C=O) groups excluding carboxylic acids is 3. The van der Waals surface area contributed by atoms with Gasteiger partial charge in [-0.2, -0.15) is 13.2 Å². The zero-order chi connectivity index (χ0) is 41.9. The number of ether oxygens (including phenoxy) is 2. The van der Waals surface area contributed by atoms with Crippen molar-refractivity contribution >= 4 is 17.7 Å². The molecule has 3 amide bonds. The first-order valence-corrected chi connectivity index (χ1v) is 21.1. The van der Waals surface area contributed by atoms with Crippen molar-refractivity contribution < 1.29 is 42.1 Å². The van der Waals surface area contributed by atoms with Crippen molar-refractivity contribution in [2.45, 2.75) is 140 Å². The second kappa shape index (κ2) is 18.1. The Morgan fingerprint density at radius 2 is 1.51 bits per heavy atom. The number of aliphatic hydroxyl groups excluding tert-OH is 1. The summed E-state index contributed by atoms with van der Waals surface area (Å²) in [5.74, 6) is -1.99. The van der Waals surface area contributed by atoms with Gasteiger partial charge in [0.15, 0.2) is 6.29 Å². The lowest BCUT2D eigenvalue weighted by molar-refractivity contribution is -0.255. The largest absolute Gasteiger partial charge is 0.471 e. The Kier molecular flexibility index (Phi) is 13.2. The molecule has 1 saturated carbocycles. The molecule has 59 heavy (non-hydrogen) atoms. The minimum Gasteiger partial charge on any atom is -0.392 e. The number of rotatable bonds is 10. The van der Waals surface area contributed by atoms with Gasteiger partial charge < -0.3 is 30.1 Å². The zero-order valence-corrected chi connectivity index (χ0v) is 34.2. The summed E-state index contributed by atoms with van der Waals surface area (Å²) in [5.41, 5.74) is 4.72. The number of fused-ring (bicyclic) bond motifs is 1. The Labute approximate surface area is 344 Å². The Morgan fingerprint density at radius 3 is 2.22 bits per heavy atom. The van der Waals surface area contributed by atoms with Crippen LogP contribution in [-0.2, 0) is 37.0 Å². The van der Waals surface area contributed by atoms with Crippen molar-refractivity contribution in [3.8, 4) is 11.1 Å². The minimum atomic E-state index is -5.04. The molecular formula is C46H57F3N4O6. The highest BCUT2D eigenvalue weighted by atomic mass is 19.4. The molecule has 4 fully saturated rings. The summed E-state index contributed by atoms with van der Waals surface area (Å²) in [5, 5.41) is 15.7. The van der Waals surface area contributed by atoms with Crippen molar-refractivity contribution in [3.63, 3.8) is 0 Å². The third-order valence-corrected chi connectivity index (χ3v) is 12.4. The van der Waals surface area contributed by atoms with Crippen LogP contribution < -0.4 is 10.6 Å². The molecule has 1 aliphatic carbocycles. The van der Waals surface area contributed by atoms with Crippen LogP contribution in [0.2, 0.25) is 0 Å². The number of amides is 3. The van der Waals surface area contributed by atoms with Crippen molar-refractivity contribution in [2.24, 2.45) is 5.92 Å². The molecule has 10 nitrogen and oxygen atoms in total. The molecule has 3 aliphatic heterocycles. The summed E-state index contributed by atoms with van der Waals surface area (Å²) < 4.78 is 53.1. The van der Waals surface area contributed by atoms with Crippen LogP contribution in [0.3, 0.4) is 0 Å². The fourth-order valence-corrected chi connectivity index (χ4v) is 9.52. The van der Waals surface area contributed by atoms with E-state index in [0.29, 0.717) is 36.2 Å². The van der Waals surface area contributed by atoms with Gasteiger partial charge in [-0.1, -0.05) is 85.6 Å². The molecule has 318 valence electrons. The molecule has 0 radical (unpaired) electrons. The topological polar surface area (TPSA) is 120 Å². The third kappa shape index (κ3) is 10.2. The maximum atomic E-state index is 13.8. The number of halogens is 3. The second-order valence-corrected chi connectivity index (χ2v) is 17.6. The van der Waals surface area contributed by atoms with Crippen LogP contribution in [0.25, 0.3) is 11.1 Å². The number of piperidine rings is 1. The maximum absolute atomic E-state index is 13.8. The van der Waals surface area contributed by atoms with Gasteiger partial charge in [-0.25, -0.2) is 0 Å². The van der Waals surface area contributed by atoms with Crippen LogP contribution >= 0.6 is 0 Å². The molecule has 0 spiro atoms. The molecule has 0 bridgehead atoms. The fourth-order valence-electron chi connectivity index (χ4n) is 9.52. The van der Waals surface area contributed by atoms with Gasteiger partial charge in [-0.05, 0) is 93.0 Å². The molecule has 4 aliphatic rings. The summed E-state index contributed by atoms with van der Waals surface area (Å²) in [4.78, 5) is 41.9. The van der Waals surface area contributed by atoms with Crippen LogP contribution in [0.1, 0.15) is 113 Å². The Bertz CT molecular complexity index is 1930. The average Bonchev–Trinajstić information content (AvgIpc) is 3.72. The van der Waals surface area contributed by atoms with E-state index in [1.165, 1.54) is 12.8 Å². The normalized spacial score (nSPS) is 26.6. The van der Waals surface area contributed by atoms with Crippen LogP contribution in [0.4, 0.5) is 13.2 Å². The SMILES string of the molecule is CC(C)(C)NC(=O)[C@H]1CC[C@H]2CCCC[C@H]2N1C[C@@H]1C[C@H](c2ccc(CO)cc2)O[C@H](c2ccc(-c3ccccc3CNC(=O)[C@@H]3CCCN3C(=O)C(F)(F)F)cc2)O1. The lowest BCUT2D eigenvalue weighted by Gasteiger charge is -2.50. The number of nitrogens with zero attached hydrogens (tertiary/aromatic N) is 2. The smallest absolute Gasteiger partial charge is 0.392 e. The molecule has 0 unspecified atom stereocenters. The van der Waals surface area contributed by atoms with Gasteiger partial charge in [-0.3, -0.25) is 19.3 Å². The molecule has 13 heteroatoms. The van der Waals surface area contributed by atoms with E-state index in [1.54, 1.807) is 0 Å². The van der Waals surface area contributed by atoms with E-state index in [1.807, 2.05) is 93.6 Å². The van der Waals surface area contributed by atoms with Gasteiger partial charge in [0, 0.05) is 43.2 Å². The average molecular weight is 819 g/mol. The van der Waals surface area contributed by atoms with Crippen LogP contribution in [0.15, 0.2) is 72.8 Å². The Morgan fingerprint density at radius 1 is 0.797 bits per heavy atom. The van der Waals surface area contributed by atoms with Crippen LogP contribution in [-0.4, -0.2) is 81.7 Å². The number of aliphatic hydroxyl groups is 1. The number of alkyl halides is 3. The highest BCUT2D eigenvalue weighted by Gasteiger charge is 2.48. The number of hydrogen-bond acceptors (Lipinski definition) is 7. The monoisotopic (exact) mass is 818 g/mol. The first kappa shape index (κ1) is 42.8. The number of hydrogen-bond donors (Lipinski definition) is 3. The molecule has 3 saturated heterocycles. The standard InChI is InChI=1S/C46H57F3N4O6/c1-45(2,3)51-42(56)39-23-22-31-9-5-7-12-37(31)53(39)27-35-25-40(32-16-14-29(28-54)15-17-32)59-43(58-35)33-20-18-30(19-21-33)36-11-6-4-10-34(36)26-50-41(55)38-13-8-24-52(38)44(57)46(47,48)49/h4,6,10-11,14-21,31,35,37-40,43,54H,5,7-9,12-13,22-28H2,1-3H3,(H,50,55)(H,51,56)/t31-,35+,37-,38+,39-,40-,43-/m1/s1. The van der Waals surface area contributed by atoms with E-state index in [9.17, 15) is 32.7 Å². The van der Waals surface area contributed by atoms with Gasteiger partial charge in [0.05, 0.1) is 24.9 Å². The van der Waals surface area contributed by atoms with Gasteiger partial charge in [-0.15, -0.1) is 0 Å². The summed E-state index contributed by atoms with van der Waals surface area (Å²) >= 11 is 0. The molecule has 3 aromatic carbocycles. The molecule has 3 heterocycles. The summed E-state index contributed by atoms with van der Waals surface area (Å²) in [6.45, 7) is 6.54. The lowest BCUT2D eigenvalue weighted by Crippen LogP contribution is -2.61. The van der Waals surface area contributed by atoms with Gasteiger partial charge in [0.1, 0.15) is 6.04 Å². The van der Waals surface area contributed by atoms with E-state index < -0.39 is 30.3 Å². The van der Waals surface area contributed by atoms with Gasteiger partial charge >= 0.3 is 12.1 Å². The number of carbonyl (C=O) groups is 3. The van der Waals surface area contributed by atoms with E-state index in [0.717, 1.165) is 59.1 Å². The number of likely N-dealkylation sites (tertiary alicyclic amines) is 2. The van der Waals surface area contributed by atoms with Gasteiger partial charge in [0.25, 0.3) is 0 Å². The van der Waals surface area contributed by atoms with E-state index in [4.69, 9.17) is 9.47 Å². The first-order valence-electron chi connectivity index (χ1n) is 21.1.